The fourth-order valence-electron chi connectivity index (χ4n) is 4.18. The lowest BCUT2D eigenvalue weighted by Crippen LogP contribution is -2.49. The summed E-state index contributed by atoms with van der Waals surface area (Å²) in [5.41, 5.74) is 2.85. The van der Waals surface area contributed by atoms with Gasteiger partial charge in [-0.15, -0.1) is 11.3 Å². The number of anilines is 1. The van der Waals surface area contributed by atoms with E-state index in [1.54, 1.807) is 11.3 Å². The van der Waals surface area contributed by atoms with E-state index in [0.29, 0.717) is 18.8 Å². The molecule has 158 valence electrons. The number of carbonyl (C=O) groups is 1. The molecule has 7 heteroatoms. The second-order valence-corrected chi connectivity index (χ2v) is 8.60. The Morgan fingerprint density at radius 3 is 2.65 bits per heavy atom. The van der Waals surface area contributed by atoms with Gasteiger partial charge < -0.3 is 14.4 Å². The minimum Gasteiger partial charge on any atom is -0.353 e. The number of benzene rings is 1. The van der Waals surface area contributed by atoms with E-state index >= 15 is 0 Å². The third-order valence-corrected chi connectivity index (χ3v) is 6.61. The van der Waals surface area contributed by atoms with Gasteiger partial charge in [-0.05, 0) is 30.7 Å². The quantitative estimate of drug-likeness (QED) is 0.466. The SMILES string of the molecule is CCCn1c(-c2nc(C(=O)N3CCN(c4ccccn4)CC3)cs2)cc2ccccc21. The number of hydrogen-bond acceptors (Lipinski definition) is 5. The van der Waals surface area contributed by atoms with E-state index in [2.05, 4.69) is 51.7 Å². The van der Waals surface area contributed by atoms with Gasteiger partial charge in [0.2, 0.25) is 0 Å². The molecular weight excluding hydrogens is 406 g/mol. The van der Waals surface area contributed by atoms with Gasteiger partial charge in [-0.2, -0.15) is 0 Å². The molecule has 1 amide bonds. The Labute approximate surface area is 185 Å². The molecule has 31 heavy (non-hydrogen) atoms. The number of aromatic nitrogens is 3. The predicted molar refractivity (Wildman–Crippen MR) is 126 cm³/mol. The summed E-state index contributed by atoms with van der Waals surface area (Å²) < 4.78 is 2.31. The molecule has 0 N–H and O–H groups in total. The highest BCUT2D eigenvalue weighted by molar-refractivity contribution is 7.13. The van der Waals surface area contributed by atoms with Crippen LogP contribution in [0, 0.1) is 0 Å². The third kappa shape index (κ3) is 3.81. The highest BCUT2D eigenvalue weighted by atomic mass is 32.1. The number of carbonyl (C=O) groups excluding carboxylic acids is 1. The maximum Gasteiger partial charge on any atom is 0.273 e. The van der Waals surface area contributed by atoms with Crippen LogP contribution in [0.2, 0.25) is 0 Å². The zero-order valence-corrected chi connectivity index (χ0v) is 18.4. The minimum absolute atomic E-state index is 0.0151. The van der Waals surface area contributed by atoms with Crippen LogP contribution in [0.15, 0.2) is 60.1 Å². The average Bonchev–Trinajstić information content (AvgIpc) is 3.45. The molecule has 0 unspecified atom stereocenters. The number of para-hydroxylation sites is 1. The number of hydrogen-bond donors (Lipinski definition) is 0. The normalized spacial score (nSPS) is 14.4. The molecule has 1 fully saturated rings. The highest BCUT2D eigenvalue weighted by Gasteiger charge is 2.25. The fourth-order valence-corrected chi connectivity index (χ4v) is 5.00. The number of nitrogens with zero attached hydrogens (tertiary/aromatic N) is 5. The monoisotopic (exact) mass is 431 g/mol. The van der Waals surface area contributed by atoms with Crippen LogP contribution >= 0.6 is 11.3 Å². The minimum atomic E-state index is 0.0151. The lowest BCUT2D eigenvalue weighted by Gasteiger charge is -2.35. The van der Waals surface area contributed by atoms with Crippen molar-refractivity contribution < 1.29 is 4.79 Å². The Morgan fingerprint density at radius 1 is 1.06 bits per heavy atom. The van der Waals surface area contributed by atoms with Crippen molar-refractivity contribution in [3.05, 3.63) is 65.8 Å². The van der Waals surface area contributed by atoms with E-state index in [1.165, 1.54) is 10.9 Å². The largest absolute Gasteiger partial charge is 0.353 e. The number of fused-ring (bicyclic) bond motifs is 1. The van der Waals surface area contributed by atoms with Gasteiger partial charge in [0.1, 0.15) is 16.5 Å². The van der Waals surface area contributed by atoms with Gasteiger partial charge in [-0.25, -0.2) is 9.97 Å². The second-order valence-electron chi connectivity index (χ2n) is 7.75. The first-order chi connectivity index (χ1) is 15.2. The molecule has 3 aromatic heterocycles. The Balaban J connectivity index is 1.34. The molecule has 0 spiro atoms. The molecule has 4 heterocycles. The van der Waals surface area contributed by atoms with Crippen LogP contribution in [0.3, 0.4) is 0 Å². The summed E-state index contributed by atoms with van der Waals surface area (Å²) in [6, 6.07) is 16.5. The smallest absolute Gasteiger partial charge is 0.273 e. The Bertz CT molecular complexity index is 1190. The molecular formula is C24H25N5OS. The molecule has 0 aliphatic carbocycles. The van der Waals surface area contributed by atoms with E-state index in [4.69, 9.17) is 4.98 Å². The molecule has 6 nitrogen and oxygen atoms in total. The van der Waals surface area contributed by atoms with Crippen LogP contribution in [-0.2, 0) is 6.54 Å². The molecule has 0 saturated carbocycles. The standard InChI is InChI=1S/C24H25N5OS/c1-2-11-29-20-8-4-3-7-18(20)16-21(29)23-26-19(17-31-23)24(30)28-14-12-27(13-15-28)22-9-5-6-10-25-22/h3-10,16-17H,2,11-15H2,1H3. The molecule has 0 atom stereocenters. The van der Waals surface area contributed by atoms with Gasteiger partial charge in [0.05, 0.1) is 5.69 Å². The Kier molecular flexibility index (Phi) is 5.42. The summed E-state index contributed by atoms with van der Waals surface area (Å²) in [4.78, 5) is 26.4. The van der Waals surface area contributed by atoms with Crippen LogP contribution in [0.5, 0.6) is 0 Å². The number of pyridine rings is 1. The van der Waals surface area contributed by atoms with Crippen molar-refractivity contribution in [2.75, 3.05) is 31.1 Å². The number of rotatable bonds is 5. The van der Waals surface area contributed by atoms with Crippen LogP contribution in [-0.4, -0.2) is 51.5 Å². The summed E-state index contributed by atoms with van der Waals surface area (Å²) in [7, 11) is 0. The van der Waals surface area contributed by atoms with Crippen molar-refractivity contribution in [3.63, 3.8) is 0 Å². The number of aryl methyl sites for hydroxylation is 1. The maximum atomic E-state index is 13.1. The van der Waals surface area contributed by atoms with Gasteiger partial charge in [0, 0.05) is 55.2 Å². The lowest BCUT2D eigenvalue weighted by atomic mass is 10.2. The van der Waals surface area contributed by atoms with Crippen molar-refractivity contribution in [1.82, 2.24) is 19.4 Å². The van der Waals surface area contributed by atoms with Crippen molar-refractivity contribution in [1.29, 1.82) is 0 Å². The van der Waals surface area contributed by atoms with Crippen LogP contribution < -0.4 is 4.90 Å². The van der Waals surface area contributed by atoms with Gasteiger partial charge in [-0.3, -0.25) is 4.79 Å². The first-order valence-corrected chi connectivity index (χ1v) is 11.6. The predicted octanol–water partition coefficient (Wildman–Crippen LogP) is 4.53. The molecule has 0 radical (unpaired) electrons. The van der Waals surface area contributed by atoms with Crippen LogP contribution in [0.4, 0.5) is 5.82 Å². The lowest BCUT2D eigenvalue weighted by molar-refractivity contribution is 0.0741. The summed E-state index contributed by atoms with van der Waals surface area (Å²) in [5, 5.41) is 4.01. The topological polar surface area (TPSA) is 54.3 Å². The van der Waals surface area contributed by atoms with Crippen molar-refractivity contribution >= 4 is 34.0 Å². The zero-order valence-electron chi connectivity index (χ0n) is 17.6. The second kappa shape index (κ2) is 8.51. The summed E-state index contributed by atoms with van der Waals surface area (Å²) in [5.74, 6) is 0.982. The maximum absolute atomic E-state index is 13.1. The van der Waals surface area contributed by atoms with Gasteiger partial charge in [0.25, 0.3) is 5.91 Å². The molecule has 0 bridgehead atoms. The summed E-state index contributed by atoms with van der Waals surface area (Å²) >= 11 is 1.55. The zero-order chi connectivity index (χ0) is 21.2. The fraction of sp³-hybridized carbons (Fsp3) is 0.292. The summed E-state index contributed by atoms with van der Waals surface area (Å²) in [6.07, 6.45) is 2.85. The third-order valence-electron chi connectivity index (χ3n) is 5.74. The highest BCUT2D eigenvalue weighted by Crippen LogP contribution is 2.31. The van der Waals surface area contributed by atoms with E-state index in [0.717, 1.165) is 42.6 Å². The summed E-state index contributed by atoms with van der Waals surface area (Å²) in [6.45, 7) is 6.03. The van der Waals surface area contributed by atoms with E-state index in [9.17, 15) is 4.79 Å². The van der Waals surface area contributed by atoms with Crippen molar-refractivity contribution in [2.24, 2.45) is 0 Å². The van der Waals surface area contributed by atoms with Crippen LogP contribution in [0.25, 0.3) is 21.6 Å². The van der Waals surface area contributed by atoms with E-state index in [-0.39, 0.29) is 5.91 Å². The average molecular weight is 432 g/mol. The number of amides is 1. The molecule has 1 aliphatic heterocycles. The molecule has 4 aromatic rings. The van der Waals surface area contributed by atoms with Gasteiger partial charge >= 0.3 is 0 Å². The molecule has 1 saturated heterocycles. The number of thiazole rings is 1. The Morgan fingerprint density at radius 2 is 1.87 bits per heavy atom. The van der Waals surface area contributed by atoms with Crippen molar-refractivity contribution in [2.45, 2.75) is 19.9 Å². The molecule has 1 aromatic carbocycles. The van der Waals surface area contributed by atoms with Crippen molar-refractivity contribution in [3.8, 4) is 10.7 Å². The Hall–Kier alpha value is -3.19. The van der Waals surface area contributed by atoms with Gasteiger partial charge in [0.15, 0.2) is 0 Å². The molecule has 1 aliphatic rings. The first kappa shape index (κ1) is 19.8. The van der Waals surface area contributed by atoms with E-state index < -0.39 is 0 Å². The van der Waals surface area contributed by atoms with E-state index in [1.807, 2.05) is 34.7 Å². The molecule has 5 rings (SSSR count). The van der Waals surface area contributed by atoms with Crippen LogP contribution in [0.1, 0.15) is 23.8 Å². The number of piperazine rings is 1. The van der Waals surface area contributed by atoms with Gasteiger partial charge in [-0.1, -0.05) is 31.2 Å². The first-order valence-electron chi connectivity index (χ1n) is 10.7.